The third-order valence-electron chi connectivity index (χ3n) is 2.31. The van der Waals surface area contributed by atoms with E-state index in [0.29, 0.717) is 0 Å². The van der Waals surface area contributed by atoms with Crippen molar-refractivity contribution in [3.8, 4) is 0 Å². The van der Waals surface area contributed by atoms with E-state index in [1.165, 1.54) is 12.3 Å². The fourth-order valence-electron chi connectivity index (χ4n) is 1.27. The molecule has 0 radical (unpaired) electrons. The Bertz CT molecular complexity index is 408. The van der Waals surface area contributed by atoms with Gasteiger partial charge >= 0.3 is 11.7 Å². The average molecular weight is 283 g/mol. The molecule has 1 aromatic rings. The molecule has 0 spiro atoms. The zero-order chi connectivity index (χ0) is 13.8. The van der Waals surface area contributed by atoms with Crippen molar-refractivity contribution in [2.24, 2.45) is 0 Å². The molecule has 0 aliphatic rings. The molecule has 1 atom stereocenters. The van der Waals surface area contributed by atoms with Gasteiger partial charge in [-0.05, 0) is 24.5 Å². The van der Waals surface area contributed by atoms with Crippen molar-refractivity contribution in [3.05, 3.63) is 23.9 Å². The predicted molar refractivity (Wildman–Crippen MR) is 60.2 cm³/mol. The highest BCUT2D eigenvalue weighted by atomic mass is 32.2. The van der Waals surface area contributed by atoms with Gasteiger partial charge in [0.15, 0.2) is 0 Å². The molecule has 18 heavy (non-hydrogen) atoms. The minimum atomic E-state index is -4.57. The van der Waals surface area contributed by atoms with Crippen LogP contribution in [0.4, 0.5) is 17.6 Å². The Morgan fingerprint density at radius 1 is 1.39 bits per heavy atom. The van der Waals surface area contributed by atoms with E-state index in [1.807, 2.05) is 6.92 Å². The van der Waals surface area contributed by atoms with Crippen molar-refractivity contribution in [2.45, 2.75) is 42.9 Å². The van der Waals surface area contributed by atoms with E-state index in [2.05, 4.69) is 4.98 Å². The fourth-order valence-corrected chi connectivity index (χ4v) is 2.05. The Hall–Kier alpha value is -0.980. The first-order valence-electron chi connectivity index (χ1n) is 5.42. The van der Waals surface area contributed by atoms with Gasteiger partial charge in [-0.1, -0.05) is 19.4 Å². The smallest absolute Gasteiger partial charge is 0.247 e. The molecule has 7 heteroatoms. The standard InChI is InChI=1S/C11H13F4NOS/c1-2-3-4-8-5-6-9(16-7-8)18(17)11(14,15)10(12)13/h5-7,10H,2-4H2,1H3. The lowest BCUT2D eigenvalue weighted by Crippen LogP contribution is -2.32. The SMILES string of the molecule is CCCCc1ccc(S(=O)C(F)(F)C(F)F)nc1. The summed E-state index contributed by atoms with van der Waals surface area (Å²) >= 11 is 0. The molecule has 102 valence electrons. The van der Waals surface area contributed by atoms with Crippen LogP contribution in [0.2, 0.25) is 0 Å². The minimum Gasteiger partial charge on any atom is -0.247 e. The van der Waals surface area contributed by atoms with Crippen molar-refractivity contribution < 1.29 is 21.8 Å². The molecule has 0 aliphatic heterocycles. The number of nitrogens with zero attached hydrogens (tertiary/aromatic N) is 1. The molecule has 2 nitrogen and oxygen atoms in total. The third kappa shape index (κ3) is 3.51. The summed E-state index contributed by atoms with van der Waals surface area (Å²) in [7, 11) is -3.13. The normalized spacial score (nSPS) is 13.9. The van der Waals surface area contributed by atoms with Crippen LogP contribution in [-0.2, 0) is 17.2 Å². The van der Waals surface area contributed by atoms with Gasteiger partial charge in [-0.3, -0.25) is 0 Å². The van der Waals surface area contributed by atoms with Gasteiger partial charge in [0.05, 0.1) is 0 Å². The number of aromatic nitrogens is 1. The Morgan fingerprint density at radius 3 is 2.50 bits per heavy atom. The van der Waals surface area contributed by atoms with Gasteiger partial charge < -0.3 is 0 Å². The maximum absolute atomic E-state index is 12.8. The molecule has 0 saturated heterocycles. The van der Waals surface area contributed by atoms with Crippen LogP contribution in [0.1, 0.15) is 25.3 Å². The van der Waals surface area contributed by atoms with Crippen molar-refractivity contribution in [1.29, 1.82) is 0 Å². The first kappa shape index (κ1) is 15.1. The summed E-state index contributed by atoms with van der Waals surface area (Å²) in [6.45, 7) is 2.00. The van der Waals surface area contributed by atoms with Gasteiger partial charge in [0.2, 0.25) is 0 Å². The molecular formula is C11H13F4NOS. The summed E-state index contributed by atoms with van der Waals surface area (Å²) in [5.41, 5.74) is 0.804. The molecule has 0 bridgehead atoms. The van der Waals surface area contributed by atoms with Crippen LogP contribution >= 0.6 is 0 Å². The van der Waals surface area contributed by atoms with Crippen LogP contribution in [0.5, 0.6) is 0 Å². The van der Waals surface area contributed by atoms with Gasteiger partial charge in [0.25, 0.3) is 0 Å². The number of aryl methyl sites for hydroxylation is 1. The van der Waals surface area contributed by atoms with Crippen LogP contribution < -0.4 is 0 Å². The van der Waals surface area contributed by atoms with E-state index in [9.17, 15) is 21.8 Å². The number of halogens is 4. The number of hydrogen-bond donors (Lipinski definition) is 0. The van der Waals surface area contributed by atoms with Gasteiger partial charge in [-0.15, -0.1) is 0 Å². The lowest BCUT2D eigenvalue weighted by atomic mass is 10.1. The lowest BCUT2D eigenvalue weighted by Gasteiger charge is -2.13. The lowest BCUT2D eigenvalue weighted by molar-refractivity contribution is -0.0603. The van der Waals surface area contributed by atoms with Crippen molar-refractivity contribution in [3.63, 3.8) is 0 Å². The Morgan fingerprint density at radius 2 is 2.06 bits per heavy atom. The zero-order valence-corrected chi connectivity index (χ0v) is 10.5. The second-order valence-corrected chi connectivity index (χ2v) is 5.24. The molecule has 0 fully saturated rings. The Balaban J connectivity index is 2.82. The average Bonchev–Trinajstić information content (AvgIpc) is 2.35. The number of hydrogen-bond acceptors (Lipinski definition) is 2. The maximum atomic E-state index is 12.8. The van der Waals surface area contributed by atoms with E-state index in [0.717, 1.165) is 30.9 Å². The highest BCUT2D eigenvalue weighted by molar-refractivity contribution is 7.86. The molecule has 0 amide bonds. The van der Waals surface area contributed by atoms with E-state index in [-0.39, 0.29) is 0 Å². The van der Waals surface area contributed by atoms with Gasteiger partial charge in [-0.25, -0.2) is 18.0 Å². The molecule has 1 unspecified atom stereocenters. The van der Waals surface area contributed by atoms with Crippen LogP contribution in [0.3, 0.4) is 0 Å². The fraction of sp³-hybridized carbons (Fsp3) is 0.545. The summed E-state index contributed by atoms with van der Waals surface area (Å²) in [5.74, 6) is 0. The molecular weight excluding hydrogens is 270 g/mol. The van der Waals surface area contributed by atoms with Crippen molar-refractivity contribution in [2.75, 3.05) is 0 Å². The van der Waals surface area contributed by atoms with Crippen molar-refractivity contribution in [1.82, 2.24) is 4.98 Å². The van der Waals surface area contributed by atoms with E-state index < -0.39 is 27.5 Å². The topological polar surface area (TPSA) is 30.0 Å². The highest BCUT2D eigenvalue weighted by Gasteiger charge is 2.48. The number of pyridine rings is 1. The Kier molecular flexibility index (Phi) is 5.25. The number of alkyl halides is 4. The maximum Gasteiger partial charge on any atom is 0.386 e. The highest BCUT2D eigenvalue weighted by Crippen LogP contribution is 2.30. The van der Waals surface area contributed by atoms with Crippen molar-refractivity contribution >= 4 is 10.8 Å². The molecule has 1 aromatic heterocycles. The number of rotatable bonds is 6. The second-order valence-electron chi connectivity index (χ2n) is 3.74. The molecule has 1 heterocycles. The summed E-state index contributed by atoms with van der Waals surface area (Å²) in [6, 6.07) is 2.59. The monoisotopic (exact) mass is 283 g/mol. The quantitative estimate of drug-likeness (QED) is 0.749. The van der Waals surface area contributed by atoms with Crippen LogP contribution in [0.15, 0.2) is 23.4 Å². The molecule has 1 rings (SSSR count). The predicted octanol–water partition coefficient (Wildman–Crippen LogP) is 3.39. The zero-order valence-electron chi connectivity index (χ0n) is 9.71. The molecule has 0 aliphatic carbocycles. The summed E-state index contributed by atoms with van der Waals surface area (Å²) in [4.78, 5) is 3.57. The largest absolute Gasteiger partial charge is 0.386 e. The van der Waals surface area contributed by atoms with Gasteiger partial charge in [0, 0.05) is 6.20 Å². The van der Waals surface area contributed by atoms with Crippen LogP contribution in [0, 0.1) is 0 Å². The van der Waals surface area contributed by atoms with Crippen LogP contribution in [-0.4, -0.2) is 20.9 Å². The van der Waals surface area contributed by atoms with E-state index in [4.69, 9.17) is 0 Å². The minimum absolute atomic E-state index is 0.527. The van der Waals surface area contributed by atoms with Gasteiger partial charge in [0.1, 0.15) is 15.8 Å². The molecule has 0 aromatic carbocycles. The van der Waals surface area contributed by atoms with Crippen LogP contribution in [0.25, 0.3) is 0 Å². The van der Waals surface area contributed by atoms with E-state index >= 15 is 0 Å². The summed E-state index contributed by atoms with van der Waals surface area (Å²) in [5, 5.41) is -5.10. The summed E-state index contributed by atoms with van der Waals surface area (Å²) in [6.07, 6.45) is -0.0690. The first-order valence-corrected chi connectivity index (χ1v) is 6.57. The molecule has 0 saturated carbocycles. The second kappa shape index (κ2) is 6.26. The Labute approximate surface area is 105 Å². The van der Waals surface area contributed by atoms with E-state index in [1.54, 1.807) is 0 Å². The number of unbranched alkanes of at least 4 members (excludes halogenated alkanes) is 1. The third-order valence-corrected chi connectivity index (χ3v) is 3.60. The summed E-state index contributed by atoms with van der Waals surface area (Å²) < 4.78 is 61.0. The molecule has 0 N–H and O–H groups in total. The van der Waals surface area contributed by atoms with Gasteiger partial charge in [-0.2, -0.15) is 8.78 Å². The first-order chi connectivity index (χ1) is 8.39.